The van der Waals surface area contributed by atoms with Crippen molar-refractivity contribution < 1.29 is 9.18 Å². The van der Waals surface area contributed by atoms with E-state index < -0.39 is 11.7 Å². The van der Waals surface area contributed by atoms with Crippen LogP contribution in [0.4, 0.5) is 10.2 Å². The molecule has 1 aromatic carbocycles. The highest BCUT2D eigenvalue weighted by atomic mass is 32.1. The fourth-order valence-corrected chi connectivity index (χ4v) is 2.43. The minimum Gasteiger partial charge on any atom is -0.306 e. The number of nitrogens with one attached hydrogen (secondary N) is 1. The van der Waals surface area contributed by atoms with Crippen LogP contribution >= 0.6 is 11.3 Å². The number of amides is 1. The zero-order valence-electron chi connectivity index (χ0n) is 9.63. The van der Waals surface area contributed by atoms with Gasteiger partial charge in [-0.15, -0.1) is 11.3 Å². The van der Waals surface area contributed by atoms with E-state index in [1.165, 1.54) is 35.9 Å². The van der Waals surface area contributed by atoms with E-state index in [4.69, 9.17) is 0 Å². The normalized spacial score (nSPS) is 10.6. The van der Waals surface area contributed by atoms with Crippen molar-refractivity contribution in [1.29, 1.82) is 0 Å². The van der Waals surface area contributed by atoms with Crippen LogP contribution in [0.1, 0.15) is 10.4 Å². The monoisotopic (exact) mass is 273 g/mol. The van der Waals surface area contributed by atoms with E-state index in [0.717, 1.165) is 10.2 Å². The molecule has 0 saturated heterocycles. The molecule has 2 aromatic heterocycles. The number of anilines is 1. The van der Waals surface area contributed by atoms with E-state index in [1.807, 2.05) is 11.4 Å². The van der Waals surface area contributed by atoms with Gasteiger partial charge in [0, 0.05) is 5.56 Å². The molecule has 0 saturated carbocycles. The summed E-state index contributed by atoms with van der Waals surface area (Å²) in [7, 11) is 0. The van der Waals surface area contributed by atoms with Gasteiger partial charge in [0.05, 0.1) is 5.39 Å². The van der Waals surface area contributed by atoms with Crippen LogP contribution in [-0.2, 0) is 0 Å². The van der Waals surface area contributed by atoms with E-state index in [9.17, 15) is 9.18 Å². The maximum atomic E-state index is 13.1. The third-order valence-electron chi connectivity index (χ3n) is 2.58. The van der Waals surface area contributed by atoms with E-state index in [-0.39, 0.29) is 5.56 Å². The molecule has 1 amide bonds. The SMILES string of the molecule is O=C(Nc1ncnc2sccc12)c1cccc(F)c1. The first-order valence-electron chi connectivity index (χ1n) is 5.49. The van der Waals surface area contributed by atoms with Crippen molar-refractivity contribution >= 4 is 33.3 Å². The quantitative estimate of drug-likeness (QED) is 0.780. The number of benzene rings is 1. The largest absolute Gasteiger partial charge is 0.306 e. The highest BCUT2D eigenvalue weighted by molar-refractivity contribution is 7.16. The number of fused-ring (bicyclic) bond motifs is 1. The minimum atomic E-state index is -0.448. The summed E-state index contributed by atoms with van der Waals surface area (Å²) in [5, 5.41) is 5.31. The molecule has 0 aliphatic rings. The lowest BCUT2D eigenvalue weighted by atomic mass is 10.2. The van der Waals surface area contributed by atoms with Gasteiger partial charge in [0.15, 0.2) is 0 Å². The molecule has 94 valence electrons. The van der Waals surface area contributed by atoms with E-state index >= 15 is 0 Å². The van der Waals surface area contributed by atoms with Gasteiger partial charge in [0.25, 0.3) is 5.91 Å². The maximum absolute atomic E-state index is 13.1. The molecule has 1 N–H and O–H groups in total. The Hall–Kier alpha value is -2.34. The van der Waals surface area contributed by atoms with Crippen LogP contribution in [0.25, 0.3) is 10.2 Å². The van der Waals surface area contributed by atoms with Crippen molar-refractivity contribution in [3.8, 4) is 0 Å². The van der Waals surface area contributed by atoms with Gasteiger partial charge in [-0.2, -0.15) is 0 Å². The molecule has 3 rings (SSSR count). The van der Waals surface area contributed by atoms with Crippen LogP contribution in [0.5, 0.6) is 0 Å². The van der Waals surface area contributed by atoms with Crippen LogP contribution in [0.2, 0.25) is 0 Å². The zero-order chi connectivity index (χ0) is 13.2. The summed E-state index contributed by atoms with van der Waals surface area (Å²) >= 11 is 1.46. The first-order chi connectivity index (χ1) is 9.24. The molecule has 0 aliphatic heterocycles. The number of hydrogen-bond donors (Lipinski definition) is 1. The Morgan fingerprint density at radius 3 is 3.00 bits per heavy atom. The Morgan fingerprint density at radius 2 is 2.16 bits per heavy atom. The maximum Gasteiger partial charge on any atom is 0.256 e. The molecular weight excluding hydrogens is 265 g/mol. The van der Waals surface area contributed by atoms with Gasteiger partial charge in [-0.1, -0.05) is 6.07 Å². The zero-order valence-corrected chi connectivity index (χ0v) is 10.4. The molecule has 2 heterocycles. The van der Waals surface area contributed by atoms with Crippen molar-refractivity contribution in [2.24, 2.45) is 0 Å². The number of aromatic nitrogens is 2. The summed E-state index contributed by atoms with van der Waals surface area (Å²) in [6.07, 6.45) is 1.39. The molecule has 4 nitrogen and oxygen atoms in total. The molecule has 0 aliphatic carbocycles. The van der Waals surface area contributed by atoms with Gasteiger partial charge in [0.1, 0.15) is 22.8 Å². The third-order valence-corrected chi connectivity index (χ3v) is 3.40. The van der Waals surface area contributed by atoms with E-state index in [1.54, 1.807) is 6.07 Å². The minimum absolute atomic E-state index is 0.252. The molecule has 0 unspecified atom stereocenters. The lowest BCUT2D eigenvalue weighted by molar-refractivity contribution is 0.102. The van der Waals surface area contributed by atoms with Crippen LogP contribution in [-0.4, -0.2) is 15.9 Å². The van der Waals surface area contributed by atoms with Gasteiger partial charge in [-0.3, -0.25) is 4.79 Å². The van der Waals surface area contributed by atoms with E-state index in [0.29, 0.717) is 5.82 Å². The summed E-state index contributed by atoms with van der Waals surface area (Å²) in [6.45, 7) is 0. The predicted octanol–water partition coefficient (Wildman–Crippen LogP) is 3.08. The van der Waals surface area contributed by atoms with E-state index in [2.05, 4.69) is 15.3 Å². The molecule has 0 fully saturated rings. The van der Waals surface area contributed by atoms with Gasteiger partial charge >= 0.3 is 0 Å². The molecule has 0 bridgehead atoms. The van der Waals surface area contributed by atoms with Crippen molar-refractivity contribution in [3.05, 3.63) is 53.4 Å². The van der Waals surface area contributed by atoms with Gasteiger partial charge in [-0.25, -0.2) is 14.4 Å². The number of rotatable bonds is 2. The summed E-state index contributed by atoms with van der Waals surface area (Å²) in [5.41, 5.74) is 0.252. The highest BCUT2D eigenvalue weighted by Crippen LogP contribution is 2.24. The van der Waals surface area contributed by atoms with Gasteiger partial charge in [0.2, 0.25) is 0 Å². The Labute approximate surface area is 111 Å². The van der Waals surface area contributed by atoms with Crippen LogP contribution in [0.3, 0.4) is 0 Å². The van der Waals surface area contributed by atoms with Gasteiger partial charge < -0.3 is 5.32 Å². The summed E-state index contributed by atoms with van der Waals surface area (Å²) in [4.78, 5) is 20.9. The average Bonchev–Trinajstić information content (AvgIpc) is 2.88. The molecule has 3 aromatic rings. The Morgan fingerprint density at radius 1 is 1.26 bits per heavy atom. The van der Waals surface area contributed by atoms with Crippen LogP contribution < -0.4 is 5.32 Å². The standard InChI is InChI=1S/C13H8FN3OS/c14-9-3-1-2-8(6-9)12(18)17-11-10-4-5-19-13(10)16-7-15-11/h1-7H,(H,15,16,17,18). The fraction of sp³-hybridized carbons (Fsp3) is 0. The fourth-order valence-electron chi connectivity index (χ4n) is 1.70. The number of nitrogens with zero attached hydrogens (tertiary/aromatic N) is 2. The molecule has 0 spiro atoms. The first kappa shape index (κ1) is 11.7. The van der Waals surface area contributed by atoms with Gasteiger partial charge in [-0.05, 0) is 29.6 Å². The number of carbonyl (C=O) groups excluding carboxylic acids is 1. The number of carbonyl (C=O) groups is 1. The highest BCUT2D eigenvalue weighted by Gasteiger charge is 2.10. The third kappa shape index (κ3) is 2.30. The topological polar surface area (TPSA) is 54.9 Å². The molecule has 6 heteroatoms. The Balaban J connectivity index is 1.93. The molecule has 19 heavy (non-hydrogen) atoms. The Bertz CT molecular complexity index is 756. The molecular formula is C13H8FN3OS. The van der Waals surface area contributed by atoms with Crippen molar-refractivity contribution in [2.75, 3.05) is 5.32 Å². The van der Waals surface area contributed by atoms with Crippen LogP contribution in [0.15, 0.2) is 42.0 Å². The second-order valence-corrected chi connectivity index (χ2v) is 4.72. The van der Waals surface area contributed by atoms with Crippen molar-refractivity contribution in [2.45, 2.75) is 0 Å². The predicted molar refractivity (Wildman–Crippen MR) is 71.8 cm³/mol. The molecule has 0 atom stereocenters. The first-order valence-corrected chi connectivity index (χ1v) is 6.37. The van der Waals surface area contributed by atoms with Crippen LogP contribution in [0, 0.1) is 5.82 Å². The summed E-state index contributed by atoms with van der Waals surface area (Å²) in [6, 6.07) is 7.34. The number of thiophene rings is 1. The number of hydrogen-bond acceptors (Lipinski definition) is 4. The summed E-state index contributed by atoms with van der Waals surface area (Å²) < 4.78 is 13.1. The average molecular weight is 273 g/mol. The van der Waals surface area contributed by atoms with Crippen molar-refractivity contribution in [3.63, 3.8) is 0 Å². The Kier molecular flexibility index (Phi) is 2.92. The second kappa shape index (κ2) is 4.74. The lowest BCUT2D eigenvalue weighted by Gasteiger charge is -2.05. The van der Waals surface area contributed by atoms with Crippen molar-refractivity contribution in [1.82, 2.24) is 9.97 Å². The second-order valence-electron chi connectivity index (χ2n) is 3.83. The smallest absolute Gasteiger partial charge is 0.256 e. The summed E-state index contributed by atoms with van der Waals surface area (Å²) in [5.74, 6) is -0.415. The number of halogens is 1. The molecule has 0 radical (unpaired) electrons. The lowest BCUT2D eigenvalue weighted by Crippen LogP contribution is -2.13.